The van der Waals surface area contributed by atoms with Crippen LogP contribution in [0.4, 0.5) is 4.39 Å². The highest BCUT2D eigenvalue weighted by Crippen LogP contribution is 2.26. The lowest BCUT2D eigenvalue weighted by atomic mass is 10.0. The number of pyridine rings is 1. The van der Waals surface area contributed by atoms with Crippen molar-refractivity contribution >= 4 is 22.8 Å². The zero-order chi connectivity index (χ0) is 21.1. The first-order valence-electron chi connectivity index (χ1n) is 10.2. The fraction of sp³-hybridized carbons (Fsp3) is 0.292. The van der Waals surface area contributed by atoms with Crippen LogP contribution in [-0.2, 0) is 9.53 Å². The molecule has 2 aromatic carbocycles. The molecule has 5 nitrogen and oxygen atoms in total. The summed E-state index contributed by atoms with van der Waals surface area (Å²) < 4.78 is 18.8. The number of ether oxygens (including phenoxy) is 1. The summed E-state index contributed by atoms with van der Waals surface area (Å²) in [4.78, 5) is 30.0. The highest BCUT2D eigenvalue weighted by atomic mass is 19.1. The maximum absolute atomic E-state index is 13.3. The number of rotatable bonds is 5. The van der Waals surface area contributed by atoms with Gasteiger partial charge in [0.1, 0.15) is 5.82 Å². The van der Waals surface area contributed by atoms with Crippen molar-refractivity contribution < 1.29 is 18.7 Å². The Balaban J connectivity index is 1.60. The first-order valence-corrected chi connectivity index (χ1v) is 10.2. The molecule has 0 radical (unpaired) electrons. The zero-order valence-corrected chi connectivity index (χ0v) is 16.7. The smallest absolute Gasteiger partial charge is 0.339 e. The second-order valence-electron chi connectivity index (χ2n) is 7.62. The average Bonchev–Trinajstić information content (AvgIpc) is 3.26. The van der Waals surface area contributed by atoms with E-state index in [4.69, 9.17) is 4.74 Å². The van der Waals surface area contributed by atoms with E-state index in [2.05, 4.69) is 10.3 Å². The van der Waals surface area contributed by atoms with Crippen molar-refractivity contribution in [3.63, 3.8) is 0 Å². The Labute approximate surface area is 174 Å². The number of halogens is 1. The summed E-state index contributed by atoms with van der Waals surface area (Å²) in [6, 6.07) is 14.9. The quantitative estimate of drug-likeness (QED) is 0.627. The van der Waals surface area contributed by atoms with Crippen molar-refractivity contribution in [3.8, 4) is 11.3 Å². The van der Waals surface area contributed by atoms with Crippen LogP contribution in [0.3, 0.4) is 0 Å². The molecule has 0 spiro atoms. The Morgan fingerprint density at radius 3 is 2.53 bits per heavy atom. The van der Waals surface area contributed by atoms with Gasteiger partial charge in [0.05, 0.1) is 16.8 Å². The van der Waals surface area contributed by atoms with E-state index in [0.717, 1.165) is 25.7 Å². The van der Waals surface area contributed by atoms with Gasteiger partial charge in [0.25, 0.3) is 5.91 Å². The Bertz CT molecular complexity index is 1080. The molecule has 1 aliphatic rings. The number of esters is 1. The molecule has 1 aliphatic carbocycles. The molecule has 0 saturated heterocycles. The molecule has 1 aromatic heterocycles. The zero-order valence-electron chi connectivity index (χ0n) is 16.7. The van der Waals surface area contributed by atoms with Crippen molar-refractivity contribution in [3.05, 3.63) is 66.0 Å². The van der Waals surface area contributed by atoms with Crippen LogP contribution in [-0.4, -0.2) is 29.0 Å². The predicted molar refractivity (Wildman–Crippen MR) is 112 cm³/mol. The van der Waals surface area contributed by atoms with Crippen LogP contribution in [0.2, 0.25) is 0 Å². The molecule has 1 fully saturated rings. The van der Waals surface area contributed by atoms with E-state index < -0.39 is 12.1 Å². The van der Waals surface area contributed by atoms with Gasteiger partial charge in [-0.25, -0.2) is 14.2 Å². The molecule has 0 unspecified atom stereocenters. The summed E-state index contributed by atoms with van der Waals surface area (Å²) in [5.41, 5.74) is 2.15. The third kappa shape index (κ3) is 4.32. The summed E-state index contributed by atoms with van der Waals surface area (Å²) >= 11 is 0. The summed E-state index contributed by atoms with van der Waals surface area (Å²) in [5, 5.41) is 3.59. The van der Waals surface area contributed by atoms with Crippen LogP contribution >= 0.6 is 0 Å². The molecule has 154 valence electrons. The van der Waals surface area contributed by atoms with E-state index in [-0.39, 0.29) is 17.8 Å². The van der Waals surface area contributed by atoms with Gasteiger partial charge in [-0.1, -0.05) is 31.0 Å². The molecule has 4 rings (SSSR count). The second-order valence-corrected chi connectivity index (χ2v) is 7.62. The highest BCUT2D eigenvalue weighted by Gasteiger charge is 2.24. The molecule has 0 aliphatic heterocycles. The molecule has 3 aromatic rings. The lowest BCUT2D eigenvalue weighted by molar-refractivity contribution is -0.129. The minimum atomic E-state index is -0.903. The summed E-state index contributed by atoms with van der Waals surface area (Å²) in [5.74, 6) is -1.22. The largest absolute Gasteiger partial charge is 0.449 e. The fourth-order valence-electron chi connectivity index (χ4n) is 3.78. The normalized spacial score (nSPS) is 15.1. The second kappa shape index (κ2) is 8.61. The first kappa shape index (κ1) is 20.0. The van der Waals surface area contributed by atoms with Gasteiger partial charge in [-0.3, -0.25) is 4.79 Å². The monoisotopic (exact) mass is 406 g/mol. The molecule has 1 amide bonds. The minimum absolute atomic E-state index is 0.158. The molecule has 6 heteroatoms. The number of benzene rings is 2. The number of carbonyl (C=O) groups excluding carboxylic acids is 2. The molecule has 1 atom stereocenters. The van der Waals surface area contributed by atoms with E-state index in [1.807, 2.05) is 12.1 Å². The van der Waals surface area contributed by atoms with Crippen molar-refractivity contribution in [1.82, 2.24) is 10.3 Å². The van der Waals surface area contributed by atoms with Crippen molar-refractivity contribution in [2.75, 3.05) is 0 Å². The van der Waals surface area contributed by atoms with Crippen LogP contribution in [0.5, 0.6) is 0 Å². The van der Waals surface area contributed by atoms with Crippen LogP contribution in [0.15, 0.2) is 54.6 Å². The van der Waals surface area contributed by atoms with Gasteiger partial charge in [0, 0.05) is 17.0 Å². The van der Waals surface area contributed by atoms with E-state index in [0.29, 0.717) is 27.7 Å². The highest BCUT2D eigenvalue weighted by molar-refractivity contribution is 6.05. The third-order valence-electron chi connectivity index (χ3n) is 5.43. The molecule has 1 heterocycles. The molecular weight excluding hydrogens is 383 g/mol. The average molecular weight is 406 g/mol. The number of amides is 1. The molecule has 0 bridgehead atoms. The number of nitrogens with one attached hydrogen (secondary N) is 1. The molecule has 1 saturated carbocycles. The number of hydrogen-bond donors (Lipinski definition) is 1. The van der Waals surface area contributed by atoms with Gasteiger partial charge in [0.15, 0.2) is 6.10 Å². The number of carbonyl (C=O) groups is 2. The summed E-state index contributed by atoms with van der Waals surface area (Å²) in [7, 11) is 0. The van der Waals surface area contributed by atoms with Crippen molar-refractivity contribution in [2.24, 2.45) is 0 Å². The van der Waals surface area contributed by atoms with Crippen molar-refractivity contribution in [2.45, 2.75) is 44.8 Å². The summed E-state index contributed by atoms with van der Waals surface area (Å²) in [6.07, 6.45) is 3.23. The van der Waals surface area contributed by atoms with Gasteiger partial charge >= 0.3 is 5.97 Å². The number of fused-ring (bicyclic) bond motifs is 1. The van der Waals surface area contributed by atoms with Crippen LogP contribution in [0.1, 0.15) is 43.0 Å². The van der Waals surface area contributed by atoms with Crippen LogP contribution in [0.25, 0.3) is 22.2 Å². The fourth-order valence-corrected chi connectivity index (χ4v) is 3.78. The molecule has 1 N–H and O–H groups in total. The van der Waals surface area contributed by atoms with Crippen LogP contribution < -0.4 is 5.32 Å². The Hall–Kier alpha value is -3.28. The molecule has 30 heavy (non-hydrogen) atoms. The molecular formula is C24H23FN2O3. The number of para-hydroxylation sites is 1. The summed E-state index contributed by atoms with van der Waals surface area (Å²) in [6.45, 7) is 1.58. The minimum Gasteiger partial charge on any atom is -0.449 e. The topological polar surface area (TPSA) is 68.3 Å². The van der Waals surface area contributed by atoms with Gasteiger partial charge in [-0.2, -0.15) is 0 Å². The maximum Gasteiger partial charge on any atom is 0.339 e. The Morgan fingerprint density at radius 1 is 1.10 bits per heavy atom. The Morgan fingerprint density at radius 2 is 1.80 bits per heavy atom. The third-order valence-corrected chi connectivity index (χ3v) is 5.43. The van der Waals surface area contributed by atoms with Gasteiger partial charge in [-0.15, -0.1) is 0 Å². The number of nitrogens with zero attached hydrogens (tertiary/aromatic N) is 1. The number of aromatic nitrogens is 1. The van der Waals surface area contributed by atoms with E-state index in [1.165, 1.54) is 12.1 Å². The van der Waals surface area contributed by atoms with Gasteiger partial charge < -0.3 is 10.1 Å². The predicted octanol–water partition coefficient (Wildman–Crippen LogP) is 4.65. The lowest BCUT2D eigenvalue weighted by Gasteiger charge is -2.18. The van der Waals surface area contributed by atoms with Crippen LogP contribution in [0, 0.1) is 5.82 Å². The standard InChI is InChI=1S/C24H23FN2O3/c1-15(23(28)26-18-6-2-3-7-18)30-24(29)20-14-22(16-10-12-17(25)13-11-16)27-21-9-5-4-8-19(20)21/h4-5,8-15,18H,2-3,6-7H2,1H3,(H,26,28)/t15-/m1/s1. The van der Waals surface area contributed by atoms with Gasteiger partial charge in [-0.05, 0) is 56.2 Å². The number of hydrogen-bond acceptors (Lipinski definition) is 4. The van der Waals surface area contributed by atoms with Crippen molar-refractivity contribution in [1.29, 1.82) is 0 Å². The Kier molecular flexibility index (Phi) is 5.74. The van der Waals surface area contributed by atoms with E-state index >= 15 is 0 Å². The lowest BCUT2D eigenvalue weighted by Crippen LogP contribution is -2.40. The first-order chi connectivity index (χ1) is 14.5. The van der Waals surface area contributed by atoms with Gasteiger partial charge in [0.2, 0.25) is 0 Å². The van der Waals surface area contributed by atoms with E-state index in [1.54, 1.807) is 37.3 Å². The maximum atomic E-state index is 13.3. The van der Waals surface area contributed by atoms with E-state index in [9.17, 15) is 14.0 Å². The SMILES string of the molecule is C[C@@H](OC(=O)c1cc(-c2ccc(F)cc2)nc2ccccc12)C(=O)NC1CCCC1.